The highest BCUT2D eigenvalue weighted by Gasteiger charge is 2.03. The van der Waals surface area contributed by atoms with E-state index in [-0.39, 0.29) is 6.04 Å². The molecule has 17 heavy (non-hydrogen) atoms. The van der Waals surface area contributed by atoms with Gasteiger partial charge in [0.1, 0.15) is 12.4 Å². The van der Waals surface area contributed by atoms with E-state index in [1.165, 1.54) is 11.1 Å². The van der Waals surface area contributed by atoms with E-state index in [4.69, 9.17) is 20.4 Å². The summed E-state index contributed by atoms with van der Waals surface area (Å²) in [4.78, 5) is 9.00. The maximum absolute atomic E-state index is 9.00. The number of rotatable bonds is 3. The SMILES string of the molecule is CC(=O)O.Cc1cccc(C)c1OCC(C)N. The number of carbonyl (C=O) groups is 1. The van der Waals surface area contributed by atoms with E-state index in [0.29, 0.717) is 6.61 Å². The number of hydrogen-bond donors (Lipinski definition) is 2. The summed E-state index contributed by atoms with van der Waals surface area (Å²) in [5, 5.41) is 7.42. The summed E-state index contributed by atoms with van der Waals surface area (Å²) in [6.07, 6.45) is 0. The average molecular weight is 239 g/mol. The van der Waals surface area contributed by atoms with Crippen LogP contribution in [0.3, 0.4) is 0 Å². The normalized spacial score (nSPS) is 11.1. The monoisotopic (exact) mass is 239 g/mol. The van der Waals surface area contributed by atoms with Crippen molar-refractivity contribution >= 4 is 5.97 Å². The summed E-state index contributed by atoms with van der Waals surface area (Å²) in [5.74, 6) is 0.139. The molecule has 0 fully saturated rings. The molecule has 96 valence electrons. The Morgan fingerprint density at radius 1 is 1.41 bits per heavy atom. The highest BCUT2D eigenvalue weighted by molar-refractivity contribution is 5.62. The van der Waals surface area contributed by atoms with Crippen molar-refractivity contribution in [2.45, 2.75) is 33.7 Å². The van der Waals surface area contributed by atoms with Crippen LogP contribution in [0.15, 0.2) is 18.2 Å². The fourth-order valence-corrected chi connectivity index (χ4v) is 1.24. The molecule has 4 heteroatoms. The Bertz CT molecular complexity index is 337. The van der Waals surface area contributed by atoms with Gasteiger partial charge in [-0.2, -0.15) is 0 Å². The molecule has 1 unspecified atom stereocenters. The van der Waals surface area contributed by atoms with Gasteiger partial charge in [0.25, 0.3) is 5.97 Å². The summed E-state index contributed by atoms with van der Waals surface area (Å²) >= 11 is 0. The van der Waals surface area contributed by atoms with Gasteiger partial charge in [-0.3, -0.25) is 4.79 Å². The zero-order valence-corrected chi connectivity index (χ0v) is 10.9. The zero-order valence-electron chi connectivity index (χ0n) is 10.9. The minimum Gasteiger partial charge on any atom is -0.491 e. The molecule has 0 amide bonds. The lowest BCUT2D eigenvalue weighted by Crippen LogP contribution is -2.24. The van der Waals surface area contributed by atoms with Crippen molar-refractivity contribution < 1.29 is 14.6 Å². The summed E-state index contributed by atoms with van der Waals surface area (Å²) in [6.45, 7) is 7.69. The van der Waals surface area contributed by atoms with E-state index in [1.807, 2.05) is 39.0 Å². The van der Waals surface area contributed by atoms with Gasteiger partial charge in [-0.25, -0.2) is 0 Å². The molecule has 0 aliphatic rings. The molecule has 4 nitrogen and oxygen atoms in total. The number of hydrogen-bond acceptors (Lipinski definition) is 3. The molecule has 0 heterocycles. The molecule has 0 bridgehead atoms. The standard InChI is InChI=1S/C11H17NO.C2H4O2/c1-8-5-4-6-9(2)11(8)13-7-10(3)12;1-2(3)4/h4-6,10H,7,12H2,1-3H3;1H3,(H,3,4). The molecular weight excluding hydrogens is 218 g/mol. The van der Waals surface area contributed by atoms with Crippen LogP contribution in [0.2, 0.25) is 0 Å². The van der Waals surface area contributed by atoms with E-state index in [1.54, 1.807) is 0 Å². The summed E-state index contributed by atoms with van der Waals surface area (Å²) in [6, 6.07) is 6.20. The van der Waals surface area contributed by atoms with Crippen molar-refractivity contribution in [1.29, 1.82) is 0 Å². The van der Waals surface area contributed by atoms with Crippen molar-refractivity contribution in [2.75, 3.05) is 6.61 Å². The summed E-state index contributed by atoms with van der Waals surface area (Å²) in [7, 11) is 0. The van der Waals surface area contributed by atoms with Crippen LogP contribution in [0.1, 0.15) is 25.0 Å². The lowest BCUT2D eigenvalue weighted by Gasteiger charge is -2.13. The van der Waals surface area contributed by atoms with Crippen molar-refractivity contribution in [3.05, 3.63) is 29.3 Å². The van der Waals surface area contributed by atoms with Crippen molar-refractivity contribution in [3.8, 4) is 5.75 Å². The number of carboxylic acids is 1. The van der Waals surface area contributed by atoms with Crippen LogP contribution in [-0.2, 0) is 4.79 Å². The number of aliphatic carboxylic acids is 1. The van der Waals surface area contributed by atoms with Crippen LogP contribution in [0, 0.1) is 13.8 Å². The smallest absolute Gasteiger partial charge is 0.300 e. The summed E-state index contributed by atoms with van der Waals surface area (Å²) < 4.78 is 5.60. The van der Waals surface area contributed by atoms with Gasteiger partial charge in [0.15, 0.2) is 0 Å². The van der Waals surface area contributed by atoms with Gasteiger partial charge in [0, 0.05) is 13.0 Å². The number of ether oxygens (including phenoxy) is 1. The van der Waals surface area contributed by atoms with E-state index < -0.39 is 5.97 Å². The number of benzene rings is 1. The fraction of sp³-hybridized carbons (Fsp3) is 0.462. The topological polar surface area (TPSA) is 72.5 Å². The molecule has 0 saturated heterocycles. The fourth-order valence-electron chi connectivity index (χ4n) is 1.24. The first-order valence-electron chi connectivity index (χ1n) is 5.48. The molecule has 1 rings (SSSR count). The first kappa shape index (κ1) is 15.4. The molecular formula is C13H21NO3. The first-order valence-corrected chi connectivity index (χ1v) is 5.48. The Morgan fingerprint density at radius 3 is 2.18 bits per heavy atom. The third-order valence-corrected chi connectivity index (χ3v) is 1.90. The minimum absolute atomic E-state index is 0.0824. The lowest BCUT2D eigenvalue weighted by atomic mass is 10.1. The highest BCUT2D eigenvalue weighted by atomic mass is 16.5. The minimum atomic E-state index is -0.833. The molecule has 1 atom stereocenters. The van der Waals surface area contributed by atoms with Crippen LogP contribution < -0.4 is 10.5 Å². The van der Waals surface area contributed by atoms with E-state index >= 15 is 0 Å². The largest absolute Gasteiger partial charge is 0.491 e. The molecule has 0 radical (unpaired) electrons. The molecule has 0 aromatic heterocycles. The Balaban J connectivity index is 0.000000557. The maximum Gasteiger partial charge on any atom is 0.300 e. The highest BCUT2D eigenvalue weighted by Crippen LogP contribution is 2.22. The lowest BCUT2D eigenvalue weighted by molar-refractivity contribution is -0.134. The predicted molar refractivity (Wildman–Crippen MR) is 68.4 cm³/mol. The van der Waals surface area contributed by atoms with Crippen LogP contribution in [0.4, 0.5) is 0 Å². The van der Waals surface area contributed by atoms with Crippen LogP contribution in [0.5, 0.6) is 5.75 Å². The van der Waals surface area contributed by atoms with E-state index in [2.05, 4.69) is 0 Å². The predicted octanol–water partition coefficient (Wildman–Crippen LogP) is 2.12. The van der Waals surface area contributed by atoms with Gasteiger partial charge in [-0.15, -0.1) is 0 Å². The zero-order chi connectivity index (χ0) is 13.4. The third kappa shape index (κ3) is 7.36. The average Bonchev–Trinajstić information content (AvgIpc) is 2.15. The van der Waals surface area contributed by atoms with Gasteiger partial charge >= 0.3 is 0 Å². The molecule has 0 spiro atoms. The van der Waals surface area contributed by atoms with Crippen LogP contribution in [0.25, 0.3) is 0 Å². The van der Waals surface area contributed by atoms with Crippen molar-refractivity contribution in [1.82, 2.24) is 0 Å². The van der Waals surface area contributed by atoms with E-state index in [9.17, 15) is 0 Å². The Labute approximate surface area is 102 Å². The van der Waals surface area contributed by atoms with E-state index in [0.717, 1.165) is 12.7 Å². The van der Waals surface area contributed by atoms with Gasteiger partial charge in [0.05, 0.1) is 0 Å². The van der Waals surface area contributed by atoms with Crippen LogP contribution >= 0.6 is 0 Å². The second-order valence-electron chi connectivity index (χ2n) is 4.03. The summed E-state index contributed by atoms with van der Waals surface area (Å²) in [5.41, 5.74) is 7.95. The van der Waals surface area contributed by atoms with Gasteiger partial charge in [-0.05, 0) is 31.9 Å². The molecule has 1 aromatic rings. The second-order valence-corrected chi connectivity index (χ2v) is 4.03. The molecule has 3 N–H and O–H groups in total. The molecule has 0 saturated carbocycles. The molecule has 1 aromatic carbocycles. The van der Waals surface area contributed by atoms with Crippen molar-refractivity contribution in [3.63, 3.8) is 0 Å². The first-order chi connectivity index (χ1) is 7.84. The maximum atomic E-state index is 9.00. The third-order valence-electron chi connectivity index (χ3n) is 1.90. The Hall–Kier alpha value is -1.55. The Morgan fingerprint density at radius 2 is 1.82 bits per heavy atom. The number of aryl methyl sites for hydroxylation is 2. The van der Waals surface area contributed by atoms with Gasteiger partial charge in [-0.1, -0.05) is 18.2 Å². The quantitative estimate of drug-likeness (QED) is 0.847. The van der Waals surface area contributed by atoms with Gasteiger partial charge in [0.2, 0.25) is 0 Å². The number of para-hydroxylation sites is 1. The molecule has 0 aliphatic carbocycles. The van der Waals surface area contributed by atoms with Crippen LogP contribution in [-0.4, -0.2) is 23.7 Å². The second kappa shape index (κ2) is 7.68. The molecule has 0 aliphatic heterocycles. The van der Waals surface area contributed by atoms with Gasteiger partial charge < -0.3 is 15.6 Å². The van der Waals surface area contributed by atoms with Crippen molar-refractivity contribution in [2.24, 2.45) is 5.73 Å². The Kier molecular flexibility index (Phi) is 6.98. The number of carboxylic acid groups (broad SMARTS) is 1. The number of nitrogens with two attached hydrogens (primary N) is 1.